The highest BCUT2D eigenvalue weighted by molar-refractivity contribution is 7.99. The number of rotatable bonds is 3. The van der Waals surface area contributed by atoms with Crippen molar-refractivity contribution < 1.29 is 4.39 Å². The van der Waals surface area contributed by atoms with Crippen molar-refractivity contribution in [2.24, 2.45) is 5.92 Å². The summed E-state index contributed by atoms with van der Waals surface area (Å²) in [7, 11) is 0. The molecule has 0 aliphatic carbocycles. The molecule has 1 aliphatic rings. The zero-order chi connectivity index (χ0) is 9.80. The number of hydrogen-bond acceptors (Lipinski definition) is 3. The van der Waals surface area contributed by atoms with Crippen molar-refractivity contribution in [2.75, 3.05) is 23.4 Å². The van der Waals surface area contributed by atoms with E-state index in [0.29, 0.717) is 0 Å². The highest BCUT2D eigenvalue weighted by atomic mass is 32.2. The SMILES string of the molecule is Fc1cc(NCC2CCSC2)ccn1. The largest absolute Gasteiger partial charge is 0.385 e. The zero-order valence-corrected chi connectivity index (χ0v) is 8.69. The van der Waals surface area contributed by atoms with E-state index in [9.17, 15) is 4.39 Å². The third-order valence-corrected chi connectivity index (χ3v) is 3.58. The Labute approximate surface area is 87.3 Å². The molecule has 1 saturated heterocycles. The molecule has 2 rings (SSSR count). The molecule has 1 atom stereocenters. The second-order valence-corrected chi connectivity index (χ2v) is 4.63. The Bertz CT molecular complexity index is 300. The first kappa shape index (κ1) is 9.77. The monoisotopic (exact) mass is 212 g/mol. The molecule has 14 heavy (non-hydrogen) atoms. The van der Waals surface area contributed by atoms with Crippen LogP contribution < -0.4 is 5.32 Å². The third kappa shape index (κ3) is 2.61. The molecule has 0 spiro atoms. The molecule has 1 unspecified atom stereocenters. The lowest BCUT2D eigenvalue weighted by atomic mass is 10.1. The molecule has 1 N–H and O–H groups in total. The van der Waals surface area contributed by atoms with Gasteiger partial charge in [-0.2, -0.15) is 16.2 Å². The average Bonchev–Trinajstić information content (AvgIpc) is 2.67. The molecule has 0 bridgehead atoms. The highest BCUT2D eigenvalue weighted by Gasteiger charge is 2.14. The van der Waals surface area contributed by atoms with Crippen molar-refractivity contribution in [3.05, 3.63) is 24.3 Å². The van der Waals surface area contributed by atoms with Crippen LogP contribution in [0.3, 0.4) is 0 Å². The minimum Gasteiger partial charge on any atom is -0.385 e. The van der Waals surface area contributed by atoms with Gasteiger partial charge in [-0.15, -0.1) is 0 Å². The van der Waals surface area contributed by atoms with Crippen LogP contribution in [-0.4, -0.2) is 23.0 Å². The van der Waals surface area contributed by atoms with Gasteiger partial charge in [-0.3, -0.25) is 0 Å². The molecule has 1 aromatic heterocycles. The smallest absolute Gasteiger partial charge is 0.214 e. The number of anilines is 1. The van der Waals surface area contributed by atoms with Gasteiger partial charge in [-0.05, 0) is 29.9 Å². The summed E-state index contributed by atoms with van der Waals surface area (Å²) in [6.07, 6.45) is 2.76. The molecule has 1 aromatic rings. The number of nitrogens with zero attached hydrogens (tertiary/aromatic N) is 1. The van der Waals surface area contributed by atoms with Gasteiger partial charge in [-0.1, -0.05) is 0 Å². The molecule has 0 radical (unpaired) electrons. The zero-order valence-electron chi connectivity index (χ0n) is 7.87. The summed E-state index contributed by atoms with van der Waals surface area (Å²) in [6, 6.07) is 3.23. The van der Waals surface area contributed by atoms with Crippen LogP contribution in [0.1, 0.15) is 6.42 Å². The van der Waals surface area contributed by atoms with E-state index in [0.717, 1.165) is 18.2 Å². The van der Waals surface area contributed by atoms with E-state index < -0.39 is 5.95 Å². The minimum absolute atomic E-state index is 0.421. The summed E-state index contributed by atoms with van der Waals surface area (Å²) >= 11 is 1.99. The normalized spacial score (nSPS) is 21.1. The van der Waals surface area contributed by atoms with E-state index in [-0.39, 0.29) is 0 Å². The number of halogens is 1. The number of aromatic nitrogens is 1. The van der Waals surface area contributed by atoms with Crippen LogP contribution in [0, 0.1) is 11.9 Å². The van der Waals surface area contributed by atoms with Gasteiger partial charge in [0.1, 0.15) is 0 Å². The fourth-order valence-corrected chi connectivity index (χ4v) is 2.80. The second-order valence-electron chi connectivity index (χ2n) is 3.48. The maximum atomic E-state index is 12.7. The molecular weight excluding hydrogens is 199 g/mol. The second kappa shape index (κ2) is 4.64. The van der Waals surface area contributed by atoms with Crippen molar-refractivity contribution >= 4 is 17.4 Å². The van der Waals surface area contributed by atoms with Crippen molar-refractivity contribution in [2.45, 2.75) is 6.42 Å². The van der Waals surface area contributed by atoms with Crippen LogP contribution >= 0.6 is 11.8 Å². The summed E-state index contributed by atoms with van der Waals surface area (Å²) in [6.45, 7) is 0.941. The van der Waals surface area contributed by atoms with Crippen molar-refractivity contribution in [1.29, 1.82) is 0 Å². The Morgan fingerprint density at radius 1 is 1.64 bits per heavy atom. The Morgan fingerprint density at radius 2 is 2.57 bits per heavy atom. The van der Waals surface area contributed by atoms with Gasteiger partial charge in [0.2, 0.25) is 5.95 Å². The Morgan fingerprint density at radius 3 is 3.29 bits per heavy atom. The van der Waals surface area contributed by atoms with E-state index in [1.165, 1.54) is 30.2 Å². The predicted molar refractivity (Wildman–Crippen MR) is 58.1 cm³/mol. The molecule has 76 valence electrons. The van der Waals surface area contributed by atoms with Crippen LogP contribution in [0.25, 0.3) is 0 Å². The summed E-state index contributed by atoms with van der Waals surface area (Å²) in [5.74, 6) is 2.80. The lowest BCUT2D eigenvalue weighted by Gasteiger charge is -2.10. The average molecular weight is 212 g/mol. The van der Waals surface area contributed by atoms with Crippen LogP contribution in [0.5, 0.6) is 0 Å². The van der Waals surface area contributed by atoms with Crippen molar-refractivity contribution in [3.63, 3.8) is 0 Å². The Kier molecular flexibility index (Phi) is 3.24. The molecular formula is C10H13FN2S. The number of pyridine rings is 1. The molecule has 0 saturated carbocycles. The summed E-state index contributed by atoms with van der Waals surface area (Å²) in [4.78, 5) is 3.51. The van der Waals surface area contributed by atoms with E-state index in [4.69, 9.17) is 0 Å². The highest BCUT2D eigenvalue weighted by Crippen LogP contribution is 2.23. The molecule has 4 heteroatoms. The molecule has 1 aliphatic heterocycles. The lowest BCUT2D eigenvalue weighted by molar-refractivity contribution is 0.583. The molecule has 2 nitrogen and oxygen atoms in total. The maximum Gasteiger partial charge on any atom is 0.214 e. The van der Waals surface area contributed by atoms with Crippen LogP contribution in [0.15, 0.2) is 18.3 Å². The van der Waals surface area contributed by atoms with Gasteiger partial charge in [0.25, 0.3) is 0 Å². The van der Waals surface area contributed by atoms with Crippen molar-refractivity contribution in [1.82, 2.24) is 4.98 Å². The first-order chi connectivity index (χ1) is 6.84. The van der Waals surface area contributed by atoms with Gasteiger partial charge in [0.05, 0.1) is 0 Å². The van der Waals surface area contributed by atoms with Crippen molar-refractivity contribution in [3.8, 4) is 0 Å². The third-order valence-electron chi connectivity index (χ3n) is 2.35. The topological polar surface area (TPSA) is 24.9 Å². The van der Waals surface area contributed by atoms with Crippen LogP contribution in [0.4, 0.5) is 10.1 Å². The van der Waals surface area contributed by atoms with E-state index in [1.54, 1.807) is 6.07 Å². The summed E-state index contributed by atoms with van der Waals surface area (Å²) in [5.41, 5.74) is 0.828. The Hall–Kier alpha value is -0.770. The van der Waals surface area contributed by atoms with Gasteiger partial charge in [0.15, 0.2) is 0 Å². The van der Waals surface area contributed by atoms with Crippen LogP contribution in [-0.2, 0) is 0 Å². The van der Waals surface area contributed by atoms with Crippen LogP contribution in [0.2, 0.25) is 0 Å². The van der Waals surface area contributed by atoms with Gasteiger partial charge in [0, 0.05) is 24.5 Å². The van der Waals surface area contributed by atoms with E-state index in [2.05, 4.69) is 10.3 Å². The number of nitrogens with one attached hydrogen (secondary N) is 1. The fraction of sp³-hybridized carbons (Fsp3) is 0.500. The molecule has 2 heterocycles. The van der Waals surface area contributed by atoms with E-state index in [1.807, 2.05) is 11.8 Å². The maximum absolute atomic E-state index is 12.7. The first-order valence-electron chi connectivity index (χ1n) is 4.78. The standard InChI is InChI=1S/C10H13FN2S/c11-10-5-9(1-3-12-10)13-6-8-2-4-14-7-8/h1,3,5,8H,2,4,6-7H2,(H,12,13). The molecule has 0 amide bonds. The number of thioether (sulfide) groups is 1. The molecule has 1 fully saturated rings. The molecule has 0 aromatic carbocycles. The van der Waals surface area contributed by atoms with Gasteiger partial charge >= 0.3 is 0 Å². The first-order valence-corrected chi connectivity index (χ1v) is 5.93. The Balaban J connectivity index is 1.85. The quantitative estimate of drug-likeness (QED) is 0.779. The van der Waals surface area contributed by atoms with Gasteiger partial charge in [-0.25, -0.2) is 4.98 Å². The summed E-state index contributed by atoms with van der Waals surface area (Å²) in [5, 5.41) is 3.23. The van der Waals surface area contributed by atoms with Gasteiger partial charge < -0.3 is 5.32 Å². The predicted octanol–water partition coefficient (Wildman–Crippen LogP) is 2.39. The lowest BCUT2D eigenvalue weighted by Crippen LogP contribution is -2.13. The minimum atomic E-state index is -0.421. The summed E-state index contributed by atoms with van der Waals surface area (Å²) < 4.78 is 12.7. The fourth-order valence-electron chi connectivity index (χ4n) is 1.52. The van der Waals surface area contributed by atoms with E-state index >= 15 is 0 Å². The number of hydrogen-bond donors (Lipinski definition) is 1.